The molecule has 0 bridgehead atoms. The number of nitrogens with two attached hydrogens (primary N) is 3. The lowest BCUT2D eigenvalue weighted by atomic mass is 9.94. The van der Waals surface area contributed by atoms with Crippen LogP contribution >= 0.6 is 0 Å². The van der Waals surface area contributed by atoms with Crippen molar-refractivity contribution in [1.82, 2.24) is 10.3 Å². The van der Waals surface area contributed by atoms with Crippen LogP contribution < -0.4 is 22.5 Å². The fourth-order valence-electron chi connectivity index (χ4n) is 2.70. The maximum absolute atomic E-state index is 12.8. The third kappa shape index (κ3) is 7.09. The smallest absolute Gasteiger partial charge is 0.257 e. The third-order valence-corrected chi connectivity index (χ3v) is 4.29. The predicted molar refractivity (Wildman–Crippen MR) is 132 cm³/mol. The Morgan fingerprint density at radius 1 is 1.26 bits per heavy atom. The second kappa shape index (κ2) is 11.9. The number of nitrogen functional groups attached to an aromatic ring is 3. The number of benzene rings is 1. The van der Waals surface area contributed by atoms with E-state index in [2.05, 4.69) is 29.2 Å². The molecule has 162 valence electrons. The highest BCUT2D eigenvalue weighted by atomic mass is 16.1. The lowest BCUT2D eigenvalue weighted by Gasteiger charge is -2.15. The Kier molecular flexibility index (Phi) is 9.61. The van der Waals surface area contributed by atoms with Crippen molar-refractivity contribution in [1.29, 1.82) is 0 Å². The fourth-order valence-corrected chi connectivity index (χ4v) is 2.70. The highest BCUT2D eigenvalue weighted by Gasteiger charge is 2.16. The largest absolute Gasteiger partial charge is 0.398 e. The molecule has 0 radical (unpaired) electrons. The molecule has 0 unspecified atom stereocenters. The number of rotatable bonds is 6. The van der Waals surface area contributed by atoms with E-state index in [9.17, 15) is 4.79 Å². The Morgan fingerprint density at radius 2 is 1.90 bits per heavy atom. The molecular weight excluding hydrogens is 386 g/mol. The van der Waals surface area contributed by atoms with Gasteiger partial charge >= 0.3 is 0 Å². The second-order valence-corrected chi connectivity index (χ2v) is 6.86. The number of carbonyl (C=O) groups excluding carboxylic acids is 1. The molecule has 1 aromatic carbocycles. The van der Waals surface area contributed by atoms with Gasteiger partial charge in [0.2, 0.25) is 0 Å². The van der Waals surface area contributed by atoms with Crippen LogP contribution in [0.4, 0.5) is 17.2 Å². The summed E-state index contributed by atoms with van der Waals surface area (Å²) in [5, 5.41) is 2.86. The lowest BCUT2D eigenvalue weighted by Crippen LogP contribution is -2.23. The lowest BCUT2D eigenvalue weighted by molar-refractivity contribution is 0.0966. The minimum atomic E-state index is -0.281. The van der Waals surface area contributed by atoms with E-state index in [-0.39, 0.29) is 5.91 Å². The number of hydrogen-bond acceptors (Lipinski definition) is 5. The number of nitrogens with zero attached hydrogens (tertiary/aromatic N) is 1. The van der Waals surface area contributed by atoms with Crippen LogP contribution in [-0.4, -0.2) is 10.9 Å². The molecule has 0 spiro atoms. The molecule has 0 aliphatic heterocycles. The Labute approximate surface area is 184 Å². The Morgan fingerprint density at radius 3 is 2.52 bits per heavy atom. The normalized spacial score (nSPS) is 10.7. The zero-order valence-electron chi connectivity index (χ0n) is 18.6. The summed E-state index contributed by atoms with van der Waals surface area (Å²) in [5.41, 5.74) is 22.8. The molecule has 0 saturated heterocycles. The van der Waals surface area contributed by atoms with Crippen molar-refractivity contribution in [2.75, 3.05) is 17.2 Å². The van der Waals surface area contributed by atoms with Crippen LogP contribution in [0.15, 0.2) is 54.9 Å². The summed E-state index contributed by atoms with van der Waals surface area (Å²) in [6.07, 6.45) is 12.8. The molecule has 6 heteroatoms. The van der Waals surface area contributed by atoms with E-state index < -0.39 is 0 Å². The molecule has 0 atom stereocenters. The molecule has 0 saturated carbocycles. The third-order valence-electron chi connectivity index (χ3n) is 4.29. The van der Waals surface area contributed by atoms with Crippen LogP contribution in [0.5, 0.6) is 0 Å². The maximum atomic E-state index is 12.8. The van der Waals surface area contributed by atoms with Gasteiger partial charge in [0.05, 0.1) is 17.4 Å². The zero-order chi connectivity index (χ0) is 23.6. The Hall–Kier alpha value is -3.98. The fraction of sp³-hybridized carbons (Fsp3) is 0.200. The van der Waals surface area contributed by atoms with Gasteiger partial charge < -0.3 is 22.5 Å². The van der Waals surface area contributed by atoms with Gasteiger partial charge in [-0.05, 0) is 68.2 Å². The van der Waals surface area contributed by atoms with Crippen molar-refractivity contribution in [2.24, 2.45) is 0 Å². The number of terminal acetylenes is 1. The van der Waals surface area contributed by atoms with Gasteiger partial charge in [0.1, 0.15) is 5.82 Å². The summed E-state index contributed by atoms with van der Waals surface area (Å²) >= 11 is 0. The number of hydrogen-bond donors (Lipinski definition) is 4. The van der Waals surface area contributed by atoms with Gasteiger partial charge in [-0.2, -0.15) is 0 Å². The van der Waals surface area contributed by atoms with E-state index in [1.54, 1.807) is 19.1 Å². The number of aryl methyl sites for hydroxylation is 1. The van der Waals surface area contributed by atoms with Crippen LogP contribution in [0, 0.1) is 19.3 Å². The molecule has 2 aromatic rings. The Bertz CT molecular complexity index is 1060. The standard InChI is InChI=1S/C22H27N5O.C3H4/c1-5-6-7-8-14(3)27-22(28)18-10-16(9-13(2)21(18)25)15(4)17-11-20(24)26-12-19(17)23;1-3-2/h6-12H,4-5,23,25H2,1-3H3,(H2,24,26)(H,27,28);1H,2H3/b7-6-,14-8+;. The highest BCUT2D eigenvalue weighted by molar-refractivity contribution is 6.02. The second-order valence-electron chi connectivity index (χ2n) is 6.86. The number of aromatic nitrogens is 1. The molecule has 6 nitrogen and oxygen atoms in total. The molecule has 2 rings (SSSR count). The highest BCUT2D eigenvalue weighted by Crippen LogP contribution is 2.30. The zero-order valence-corrected chi connectivity index (χ0v) is 18.6. The number of carbonyl (C=O) groups is 1. The number of amides is 1. The first kappa shape index (κ1) is 25.1. The molecule has 0 aliphatic rings. The summed E-state index contributed by atoms with van der Waals surface area (Å²) in [4.78, 5) is 16.7. The predicted octanol–water partition coefficient (Wildman–Crippen LogP) is 4.44. The molecule has 7 N–H and O–H groups in total. The first-order valence-corrected chi connectivity index (χ1v) is 9.79. The molecular formula is C25H31N5O. The summed E-state index contributed by atoms with van der Waals surface area (Å²) < 4.78 is 0. The van der Waals surface area contributed by atoms with E-state index in [4.69, 9.17) is 17.2 Å². The van der Waals surface area contributed by atoms with Crippen molar-refractivity contribution in [3.8, 4) is 12.3 Å². The van der Waals surface area contributed by atoms with E-state index in [1.807, 2.05) is 45.1 Å². The molecule has 1 amide bonds. The van der Waals surface area contributed by atoms with Crippen molar-refractivity contribution in [3.05, 3.63) is 77.2 Å². The first-order valence-electron chi connectivity index (χ1n) is 9.79. The van der Waals surface area contributed by atoms with E-state index in [1.165, 1.54) is 6.20 Å². The average molecular weight is 418 g/mol. The van der Waals surface area contributed by atoms with Crippen LogP contribution in [0.2, 0.25) is 0 Å². The minimum absolute atomic E-state index is 0.281. The van der Waals surface area contributed by atoms with Gasteiger partial charge in [-0.1, -0.05) is 25.7 Å². The minimum Gasteiger partial charge on any atom is -0.398 e. The van der Waals surface area contributed by atoms with Gasteiger partial charge in [-0.25, -0.2) is 4.98 Å². The van der Waals surface area contributed by atoms with Gasteiger partial charge in [-0.3, -0.25) is 4.79 Å². The van der Waals surface area contributed by atoms with Gasteiger partial charge in [-0.15, -0.1) is 12.3 Å². The number of anilines is 3. The average Bonchev–Trinajstić information content (AvgIpc) is 2.71. The van der Waals surface area contributed by atoms with Crippen molar-refractivity contribution in [3.63, 3.8) is 0 Å². The van der Waals surface area contributed by atoms with E-state index in [0.29, 0.717) is 33.9 Å². The number of nitrogens with one attached hydrogen (secondary N) is 1. The molecule has 1 aromatic heterocycles. The van der Waals surface area contributed by atoms with Crippen molar-refractivity contribution >= 4 is 28.7 Å². The molecule has 1 heterocycles. The molecule has 0 fully saturated rings. The van der Waals surface area contributed by atoms with Gasteiger partial charge in [0.15, 0.2) is 0 Å². The summed E-state index contributed by atoms with van der Waals surface area (Å²) in [6.45, 7) is 11.5. The van der Waals surface area contributed by atoms with Crippen LogP contribution in [-0.2, 0) is 0 Å². The van der Waals surface area contributed by atoms with E-state index in [0.717, 1.165) is 23.2 Å². The quantitative estimate of drug-likeness (QED) is 0.315. The topological polar surface area (TPSA) is 120 Å². The first-order chi connectivity index (χ1) is 14.7. The van der Waals surface area contributed by atoms with Crippen LogP contribution in [0.3, 0.4) is 0 Å². The summed E-state index contributed by atoms with van der Waals surface area (Å²) in [7, 11) is 0. The summed E-state index contributed by atoms with van der Waals surface area (Å²) in [5.74, 6) is 2.31. The van der Waals surface area contributed by atoms with Crippen LogP contribution in [0.25, 0.3) is 5.57 Å². The molecule has 0 aliphatic carbocycles. The summed E-state index contributed by atoms with van der Waals surface area (Å²) in [6, 6.07) is 5.25. The maximum Gasteiger partial charge on any atom is 0.257 e. The monoisotopic (exact) mass is 417 g/mol. The van der Waals surface area contributed by atoms with Gasteiger partial charge in [0, 0.05) is 16.9 Å². The Balaban J connectivity index is 0.00000151. The SMILES string of the molecule is C#CC.C=C(c1cc(C)c(N)c(C(=O)N/C(C)=C/C=C\CC)c1)c1cc(N)ncc1N. The van der Waals surface area contributed by atoms with Crippen molar-refractivity contribution in [2.45, 2.75) is 34.1 Å². The van der Waals surface area contributed by atoms with Gasteiger partial charge in [0.25, 0.3) is 5.91 Å². The number of allylic oxidation sites excluding steroid dienone is 4. The number of pyridine rings is 1. The molecule has 31 heavy (non-hydrogen) atoms. The van der Waals surface area contributed by atoms with Crippen molar-refractivity contribution < 1.29 is 4.79 Å². The van der Waals surface area contributed by atoms with Crippen LogP contribution in [0.1, 0.15) is 54.2 Å². The van der Waals surface area contributed by atoms with E-state index >= 15 is 0 Å².